The lowest BCUT2D eigenvalue weighted by Crippen LogP contribution is -2.52. The number of nitrogens with zero attached hydrogens (tertiary/aromatic N) is 3. The summed E-state index contributed by atoms with van der Waals surface area (Å²) in [6.45, 7) is 1.30. The van der Waals surface area contributed by atoms with Crippen molar-refractivity contribution in [2.24, 2.45) is 0 Å². The first-order valence-electron chi connectivity index (χ1n) is 9.74. The summed E-state index contributed by atoms with van der Waals surface area (Å²) in [5.41, 5.74) is 1.81. The van der Waals surface area contributed by atoms with Crippen LogP contribution in [0.1, 0.15) is 28.8 Å². The fraction of sp³-hybridized carbons (Fsp3) is 0.409. The number of likely N-dealkylation sites (tertiary alicyclic amines) is 1. The van der Waals surface area contributed by atoms with E-state index in [4.69, 9.17) is 0 Å². The molecule has 1 aliphatic rings. The molecule has 2 heterocycles. The predicted molar refractivity (Wildman–Crippen MR) is 109 cm³/mol. The number of amides is 2. The quantitative estimate of drug-likeness (QED) is 0.832. The fourth-order valence-corrected chi connectivity index (χ4v) is 3.55. The van der Waals surface area contributed by atoms with E-state index in [1.54, 1.807) is 24.5 Å². The van der Waals surface area contributed by atoms with Gasteiger partial charge in [-0.25, -0.2) is 0 Å². The molecule has 148 valence electrons. The molecule has 2 aromatic rings. The first kappa shape index (κ1) is 20.0. The van der Waals surface area contributed by atoms with Gasteiger partial charge in [-0.15, -0.1) is 0 Å². The van der Waals surface area contributed by atoms with Crippen molar-refractivity contribution < 1.29 is 9.59 Å². The van der Waals surface area contributed by atoms with Crippen molar-refractivity contribution in [1.29, 1.82) is 0 Å². The monoisotopic (exact) mass is 380 g/mol. The lowest BCUT2D eigenvalue weighted by Gasteiger charge is -2.34. The second kappa shape index (κ2) is 9.46. The highest BCUT2D eigenvalue weighted by atomic mass is 16.2. The van der Waals surface area contributed by atoms with Gasteiger partial charge in [0.2, 0.25) is 5.91 Å². The molecule has 1 N–H and O–H groups in total. The fourth-order valence-electron chi connectivity index (χ4n) is 3.55. The van der Waals surface area contributed by atoms with Crippen molar-refractivity contribution in [3.05, 3.63) is 66.0 Å². The molecule has 6 nitrogen and oxygen atoms in total. The molecule has 0 aliphatic carbocycles. The van der Waals surface area contributed by atoms with Crippen LogP contribution < -0.4 is 5.32 Å². The van der Waals surface area contributed by atoms with Crippen molar-refractivity contribution in [3.63, 3.8) is 0 Å². The highest BCUT2D eigenvalue weighted by Gasteiger charge is 2.28. The van der Waals surface area contributed by atoms with Gasteiger partial charge >= 0.3 is 0 Å². The number of carbonyl (C=O) groups excluding carboxylic acids is 2. The van der Waals surface area contributed by atoms with Crippen LogP contribution >= 0.6 is 0 Å². The number of likely N-dealkylation sites (N-methyl/N-ethyl adjacent to an activating group) is 1. The summed E-state index contributed by atoms with van der Waals surface area (Å²) < 4.78 is 0. The first-order chi connectivity index (χ1) is 13.5. The molecule has 3 rings (SSSR count). The molecule has 6 heteroatoms. The summed E-state index contributed by atoms with van der Waals surface area (Å²) in [4.78, 5) is 33.2. The van der Waals surface area contributed by atoms with Crippen molar-refractivity contribution >= 4 is 11.8 Å². The number of benzene rings is 1. The molecule has 0 saturated carbocycles. The van der Waals surface area contributed by atoms with Crippen LogP contribution in [0.2, 0.25) is 0 Å². The molecule has 1 aliphatic heterocycles. The molecule has 28 heavy (non-hydrogen) atoms. The van der Waals surface area contributed by atoms with Gasteiger partial charge in [0.05, 0.1) is 6.04 Å². The minimum absolute atomic E-state index is 0.0300. The molecular formula is C22H28N4O2. The summed E-state index contributed by atoms with van der Waals surface area (Å²) in [6.07, 6.45) is 5.49. The molecule has 1 aromatic heterocycles. The Morgan fingerprint density at radius 2 is 1.75 bits per heavy atom. The van der Waals surface area contributed by atoms with Crippen molar-refractivity contribution in [2.75, 3.05) is 27.2 Å². The van der Waals surface area contributed by atoms with E-state index >= 15 is 0 Å². The molecule has 1 unspecified atom stereocenters. The third-order valence-electron chi connectivity index (χ3n) is 5.25. The zero-order valence-electron chi connectivity index (χ0n) is 16.5. The van der Waals surface area contributed by atoms with Crippen LogP contribution in [0.25, 0.3) is 0 Å². The van der Waals surface area contributed by atoms with Gasteiger partial charge in [0.15, 0.2) is 0 Å². The van der Waals surface area contributed by atoms with E-state index < -0.39 is 0 Å². The van der Waals surface area contributed by atoms with Crippen molar-refractivity contribution in [3.8, 4) is 0 Å². The summed E-state index contributed by atoms with van der Waals surface area (Å²) >= 11 is 0. The number of piperidine rings is 1. The lowest BCUT2D eigenvalue weighted by molar-refractivity contribution is -0.126. The Hall–Kier alpha value is -2.73. The average molecular weight is 380 g/mol. The van der Waals surface area contributed by atoms with E-state index in [1.807, 2.05) is 54.2 Å². The SMILES string of the molecule is CN(C)C(Cc1ccccc1)C(=O)NC1CCN(C(=O)c2ccncc2)CC1. The third-order valence-corrected chi connectivity index (χ3v) is 5.25. The van der Waals surface area contributed by atoms with E-state index in [0.717, 1.165) is 18.4 Å². The lowest BCUT2D eigenvalue weighted by atomic mass is 10.0. The molecule has 0 radical (unpaired) electrons. The molecular weight excluding hydrogens is 352 g/mol. The van der Waals surface area contributed by atoms with Crippen LogP contribution in [-0.2, 0) is 11.2 Å². The van der Waals surface area contributed by atoms with Crippen LogP contribution in [-0.4, -0.2) is 65.9 Å². The Balaban J connectivity index is 1.53. The number of pyridine rings is 1. The summed E-state index contributed by atoms with van der Waals surface area (Å²) in [5.74, 6) is 0.0789. The van der Waals surface area contributed by atoms with Gasteiger partial charge in [0.1, 0.15) is 0 Å². The van der Waals surface area contributed by atoms with E-state index in [1.165, 1.54) is 0 Å². The maximum absolute atomic E-state index is 12.9. The van der Waals surface area contributed by atoms with E-state index in [2.05, 4.69) is 10.3 Å². The predicted octanol–water partition coefficient (Wildman–Crippen LogP) is 1.98. The molecule has 2 amide bonds. The highest BCUT2D eigenvalue weighted by Crippen LogP contribution is 2.15. The Kier molecular flexibility index (Phi) is 6.76. The molecule has 1 aromatic carbocycles. The van der Waals surface area contributed by atoms with Crippen LogP contribution in [0.5, 0.6) is 0 Å². The van der Waals surface area contributed by atoms with Crippen LogP contribution in [0.15, 0.2) is 54.9 Å². The van der Waals surface area contributed by atoms with Gasteiger partial charge in [-0.2, -0.15) is 0 Å². The largest absolute Gasteiger partial charge is 0.352 e. The summed E-state index contributed by atoms with van der Waals surface area (Å²) in [6, 6.07) is 13.4. The standard InChI is InChI=1S/C22H28N4O2/c1-25(2)20(16-17-6-4-3-5-7-17)21(27)24-19-10-14-26(15-11-19)22(28)18-8-12-23-13-9-18/h3-9,12-13,19-20H,10-11,14-16H2,1-2H3,(H,24,27). The Bertz CT molecular complexity index is 772. The minimum atomic E-state index is -0.209. The average Bonchev–Trinajstić information content (AvgIpc) is 2.73. The first-order valence-corrected chi connectivity index (χ1v) is 9.74. The number of hydrogen-bond donors (Lipinski definition) is 1. The molecule has 1 fully saturated rings. The van der Waals surface area contributed by atoms with E-state index in [9.17, 15) is 9.59 Å². The van der Waals surface area contributed by atoms with Crippen LogP contribution in [0.3, 0.4) is 0 Å². The highest BCUT2D eigenvalue weighted by molar-refractivity contribution is 5.94. The number of hydrogen-bond acceptors (Lipinski definition) is 4. The zero-order valence-corrected chi connectivity index (χ0v) is 16.5. The van der Waals surface area contributed by atoms with Gasteiger partial charge in [-0.1, -0.05) is 30.3 Å². The number of rotatable bonds is 6. The van der Waals surface area contributed by atoms with Gasteiger partial charge in [0.25, 0.3) is 5.91 Å². The van der Waals surface area contributed by atoms with Gasteiger partial charge < -0.3 is 10.2 Å². The number of nitrogens with one attached hydrogen (secondary N) is 1. The molecule has 0 bridgehead atoms. The number of aromatic nitrogens is 1. The van der Waals surface area contributed by atoms with Crippen LogP contribution in [0, 0.1) is 0 Å². The Labute approximate surface area is 166 Å². The molecule has 1 atom stereocenters. The summed E-state index contributed by atoms with van der Waals surface area (Å²) in [5, 5.41) is 3.19. The van der Waals surface area contributed by atoms with E-state index in [0.29, 0.717) is 25.1 Å². The maximum Gasteiger partial charge on any atom is 0.253 e. The topological polar surface area (TPSA) is 65.5 Å². The van der Waals surface area contributed by atoms with Crippen LogP contribution in [0.4, 0.5) is 0 Å². The van der Waals surface area contributed by atoms with Crippen molar-refractivity contribution in [2.45, 2.75) is 31.3 Å². The Morgan fingerprint density at radius 1 is 1.11 bits per heavy atom. The van der Waals surface area contributed by atoms with Gasteiger partial charge in [-0.3, -0.25) is 19.5 Å². The summed E-state index contributed by atoms with van der Waals surface area (Å²) in [7, 11) is 3.87. The normalized spacial score (nSPS) is 16.0. The molecule has 1 saturated heterocycles. The second-order valence-corrected chi connectivity index (χ2v) is 7.48. The van der Waals surface area contributed by atoms with Gasteiger partial charge in [-0.05, 0) is 51.1 Å². The molecule has 0 spiro atoms. The third kappa shape index (κ3) is 5.16. The van der Waals surface area contributed by atoms with Crippen molar-refractivity contribution in [1.82, 2.24) is 20.1 Å². The zero-order chi connectivity index (χ0) is 19.9. The maximum atomic E-state index is 12.9. The smallest absolute Gasteiger partial charge is 0.253 e. The second-order valence-electron chi connectivity index (χ2n) is 7.48. The Morgan fingerprint density at radius 3 is 2.36 bits per heavy atom. The van der Waals surface area contributed by atoms with E-state index in [-0.39, 0.29) is 23.9 Å². The minimum Gasteiger partial charge on any atom is -0.352 e. The van der Waals surface area contributed by atoms with Gasteiger partial charge in [0, 0.05) is 37.1 Å². The number of carbonyl (C=O) groups is 2.